The van der Waals surface area contributed by atoms with Crippen molar-refractivity contribution in [2.24, 2.45) is 0 Å². The number of imidazole rings is 1. The molecule has 260 valence electrons. The summed E-state index contributed by atoms with van der Waals surface area (Å²) in [4.78, 5) is 22.6. The van der Waals surface area contributed by atoms with Gasteiger partial charge < -0.3 is 23.3 Å². The van der Waals surface area contributed by atoms with Gasteiger partial charge >= 0.3 is 6.18 Å². The third-order valence-electron chi connectivity index (χ3n) is 8.80. The second-order valence-electron chi connectivity index (χ2n) is 14.0. The van der Waals surface area contributed by atoms with Crippen LogP contribution in [0.15, 0.2) is 43.0 Å². The average Bonchev–Trinajstić information content (AvgIpc) is 4.03. The highest BCUT2D eigenvalue weighted by Gasteiger charge is 2.37. The highest BCUT2D eigenvalue weighted by molar-refractivity contribution is 6.76. The second-order valence-corrected chi connectivity index (χ2v) is 19.6. The van der Waals surface area contributed by atoms with Crippen LogP contribution in [0.2, 0.25) is 25.7 Å². The first kappa shape index (κ1) is 33.7. The van der Waals surface area contributed by atoms with Crippen LogP contribution in [0.25, 0.3) is 33.8 Å². The molecule has 15 heteroatoms. The molecule has 2 aliphatic carbocycles. The molecule has 11 nitrogen and oxygen atoms in total. The molecule has 4 heterocycles. The number of rotatable bonds is 13. The van der Waals surface area contributed by atoms with Crippen LogP contribution < -0.4 is 9.47 Å². The molecule has 0 bridgehead atoms. The topological polar surface area (TPSA) is 126 Å². The summed E-state index contributed by atoms with van der Waals surface area (Å²) in [6.45, 7) is 7.68. The van der Waals surface area contributed by atoms with Crippen LogP contribution in [0, 0.1) is 11.3 Å². The monoisotopic (exact) mass is 702 g/mol. The Morgan fingerprint density at radius 2 is 1.74 bits per heavy atom. The van der Waals surface area contributed by atoms with Crippen LogP contribution in [-0.2, 0) is 24.3 Å². The van der Waals surface area contributed by atoms with E-state index in [1.807, 2.05) is 0 Å². The minimum Gasteiger partial charge on any atom is -0.480 e. The second kappa shape index (κ2) is 13.1. The van der Waals surface area contributed by atoms with Crippen LogP contribution in [0.4, 0.5) is 13.2 Å². The number of nitrogens with zero attached hydrogens (tertiary/aromatic N) is 8. The van der Waals surface area contributed by atoms with Gasteiger partial charge in [-0.25, -0.2) is 19.9 Å². The summed E-state index contributed by atoms with van der Waals surface area (Å²) in [5.41, 5.74) is 2.58. The highest BCUT2D eigenvalue weighted by atomic mass is 28.3. The van der Waals surface area contributed by atoms with Crippen molar-refractivity contribution in [1.82, 2.24) is 34.1 Å². The highest BCUT2D eigenvalue weighted by Crippen LogP contribution is 2.46. The van der Waals surface area contributed by atoms with Gasteiger partial charge in [0.1, 0.15) is 37.1 Å². The van der Waals surface area contributed by atoms with E-state index in [0.29, 0.717) is 46.0 Å². The van der Waals surface area contributed by atoms with E-state index in [-0.39, 0.29) is 37.0 Å². The van der Waals surface area contributed by atoms with Crippen LogP contribution in [0.5, 0.6) is 11.8 Å². The number of aromatic nitrogens is 7. The van der Waals surface area contributed by atoms with E-state index in [0.717, 1.165) is 49.2 Å². The quantitative estimate of drug-likeness (QED) is 0.0894. The first-order valence-electron chi connectivity index (χ1n) is 16.6. The van der Waals surface area contributed by atoms with Gasteiger partial charge in [0.05, 0.1) is 23.8 Å². The lowest BCUT2D eigenvalue weighted by Crippen LogP contribution is -2.22. The summed E-state index contributed by atoms with van der Waals surface area (Å²) >= 11 is 0. The first-order valence-corrected chi connectivity index (χ1v) is 20.3. The Bertz CT molecular complexity index is 2070. The normalized spacial score (nSPS) is 15.0. The van der Waals surface area contributed by atoms with Gasteiger partial charge in [-0.3, -0.25) is 0 Å². The molecule has 0 N–H and O–H groups in total. The summed E-state index contributed by atoms with van der Waals surface area (Å²) in [7, 11) is 0.212. The largest absolute Gasteiger partial charge is 0.480 e. The summed E-state index contributed by atoms with van der Waals surface area (Å²) < 4.78 is 61.9. The summed E-state index contributed by atoms with van der Waals surface area (Å²) in [6, 6.07) is 10.3. The predicted octanol–water partition coefficient (Wildman–Crippen LogP) is 7.75. The fourth-order valence-corrected chi connectivity index (χ4v) is 6.54. The Morgan fingerprint density at radius 3 is 2.38 bits per heavy atom. The van der Waals surface area contributed by atoms with Crippen molar-refractivity contribution in [3.63, 3.8) is 0 Å². The maximum Gasteiger partial charge on any atom is 0.434 e. The number of methoxy groups -OCH3 is 1. The molecule has 0 radical (unpaired) electrons. The van der Waals surface area contributed by atoms with E-state index in [9.17, 15) is 18.4 Å². The SMILES string of the molecule is COc1ncnc(C2CC2)c1-c1nc(OCc2ccc(-c3nc(C(F)(F)F)cn3C3CC3)cc2)c2c(C#N)cn(COCC[Si](C)(C)C)c2n1. The maximum absolute atomic E-state index is 13.5. The minimum atomic E-state index is -4.53. The van der Waals surface area contributed by atoms with Crippen molar-refractivity contribution in [2.75, 3.05) is 13.7 Å². The molecular formula is C35H37F3N8O3Si. The van der Waals surface area contributed by atoms with E-state index in [4.69, 9.17) is 24.2 Å². The first-order chi connectivity index (χ1) is 23.9. The van der Waals surface area contributed by atoms with E-state index < -0.39 is 19.9 Å². The van der Waals surface area contributed by atoms with Crippen molar-refractivity contribution in [2.45, 2.75) is 82.8 Å². The third-order valence-corrected chi connectivity index (χ3v) is 10.5. The summed E-state index contributed by atoms with van der Waals surface area (Å²) in [5, 5.41) is 10.6. The van der Waals surface area contributed by atoms with Gasteiger partial charge in [-0.1, -0.05) is 43.9 Å². The predicted molar refractivity (Wildman–Crippen MR) is 181 cm³/mol. The van der Waals surface area contributed by atoms with Crippen molar-refractivity contribution in [1.29, 1.82) is 5.26 Å². The van der Waals surface area contributed by atoms with Gasteiger partial charge in [0.15, 0.2) is 17.2 Å². The molecule has 2 fully saturated rings. The van der Waals surface area contributed by atoms with Gasteiger partial charge in [0.2, 0.25) is 11.8 Å². The number of ether oxygens (including phenoxy) is 3. The van der Waals surface area contributed by atoms with E-state index in [1.54, 1.807) is 39.6 Å². The van der Waals surface area contributed by atoms with E-state index >= 15 is 0 Å². The molecule has 0 amide bonds. The molecule has 4 aromatic heterocycles. The van der Waals surface area contributed by atoms with Crippen LogP contribution in [0.3, 0.4) is 0 Å². The van der Waals surface area contributed by atoms with Crippen LogP contribution in [0.1, 0.15) is 60.2 Å². The van der Waals surface area contributed by atoms with Crippen molar-refractivity contribution in [3.8, 4) is 40.6 Å². The summed E-state index contributed by atoms with van der Waals surface area (Å²) in [5.74, 6) is 1.36. The minimum absolute atomic E-state index is 0.0208. The average molecular weight is 703 g/mol. The zero-order valence-electron chi connectivity index (χ0n) is 28.3. The molecule has 50 heavy (non-hydrogen) atoms. The lowest BCUT2D eigenvalue weighted by molar-refractivity contribution is -0.140. The molecule has 0 aliphatic heterocycles. The molecule has 0 saturated heterocycles. The zero-order valence-corrected chi connectivity index (χ0v) is 29.3. The molecule has 7 rings (SSSR count). The van der Waals surface area contributed by atoms with E-state index in [1.165, 1.54) is 13.4 Å². The third kappa shape index (κ3) is 7.08. The Balaban J connectivity index is 1.23. The van der Waals surface area contributed by atoms with Crippen molar-refractivity contribution in [3.05, 3.63) is 65.5 Å². The number of hydrogen-bond acceptors (Lipinski definition) is 9. The number of benzene rings is 1. The standard InChI is InChI=1S/C35H37F3N8O3Si/c1-47-33-28(29(22-9-10-22)40-19-41-33)30-43-32-27(24(15-39)16-45(32)20-48-13-14-50(2,3)4)34(44-30)49-18-21-5-7-23(8-6-21)31-42-26(35(36,37)38)17-46(31)25-11-12-25/h5-8,16-17,19,22,25H,9-14,18,20H2,1-4H3. The molecule has 0 unspecified atom stereocenters. The number of nitriles is 1. The summed E-state index contributed by atoms with van der Waals surface area (Å²) in [6.07, 6.45) is 3.33. The lowest BCUT2D eigenvalue weighted by Gasteiger charge is -2.16. The van der Waals surface area contributed by atoms with Gasteiger partial charge in [-0.05, 0) is 37.3 Å². The molecule has 0 atom stereocenters. The zero-order chi connectivity index (χ0) is 35.2. The van der Waals surface area contributed by atoms with Crippen LogP contribution in [-0.4, -0.2) is 55.8 Å². The molecule has 2 aliphatic rings. The Hall–Kier alpha value is -4.81. The smallest absolute Gasteiger partial charge is 0.434 e. The molecular weight excluding hydrogens is 666 g/mol. The van der Waals surface area contributed by atoms with Gasteiger partial charge in [0.25, 0.3) is 0 Å². The van der Waals surface area contributed by atoms with E-state index in [2.05, 4.69) is 40.7 Å². The maximum atomic E-state index is 13.5. The molecule has 2 saturated carbocycles. The van der Waals surface area contributed by atoms with Crippen molar-refractivity contribution < 1.29 is 27.4 Å². The van der Waals surface area contributed by atoms with Gasteiger partial charge in [-0.15, -0.1) is 0 Å². The molecule has 0 spiro atoms. The van der Waals surface area contributed by atoms with Crippen molar-refractivity contribution >= 4 is 19.1 Å². The number of fused-ring (bicyclic) bond motifs is 1. The lowest BCUT2D eigenvalue weighted by atomic mass is 10.1. The number of halogens is 3. The Kier molecular flexibility index (Phi) is 8.85. The van der Waals surface area contributed by atoms with Crippen LogP contribution >= 0.6 is 0 Å². The number of alkyl halides is 3. The van der Waals surface area contributed by atoms with Gasteiger partial charge in [0, 0.05) is 44.6 Å². The molecule has 5 aromatic rings. The Labute approximate surface area is 288 Å². The Morgan fingerprint density at radius 1 is 0.980 bits per heavy atom. The van der Waals surface area contributed by atoms with Gasteiger partial charge in [-0.2, -0.15) is 23.4 Å². The fraction of sp³-hybridized carbons (Fsp3) is 0.429. The fourth-order valence-electron chi connectivity index (χ4n) is 5.78. The number of hydrogen-bond donors (Lipinski definition) is 0. The molecule has 1 aromatic carbocycles.